The summed E-state index contributed by atoms with van der Waals surface area (Å²) in [6.07, 6.45) is 1.40. The van der Waals surface area contributed by atoms with Gasteiger partial charge in [0.25, 0.3) is 5.91 Å². The molecule has 41 heavy (non-hydrogen) atoms. The lowest BCUT2D eigenvalue weighted by atomic mass is 10.2. The standard InChI is InChI=1S/C23H29N7O3S.C5H14N2/c1-24-34(32,33)20-7-5-6-19(14-20)28-22-15-21(25-16-26-22)27-18-10-8-17(9-11-18)23(31)30(4)13-12-29(2)3;1-6-4-5-7(2)3/h5-11,14-16,24H,12-13H2,1-4H3,(H2,25,26,27,28);6H,4-5H2,1-3H3. The van der Waals surface area contributed by atoms with E-state index in [1.807, 2.05) is 38.2 Å². The van der Waals surface area contributed by atoms with Crippen molar-refractivity contribution in [2.45, 2.75) is 4.90 Å². The number of amides is 1. The number of likely N-dealkylation sites (N-methyl/N-ethyl adjacent to an activating group) is 4. The van der Waals surface area contributed by atoms with Crippen LogP contribution in [0.4, 0.5) is 23.0 Å². The van der Waals surface area contributed by atoms with E-state index in [4.69, 9.17) is 0 Å². The number of rotatable bonds is 13. The third-order valence-corrected chi connectivity index (χ3v) is 7.21. The molecule has 3 rings (SSSR count). The smallest absolute Gasteiger partial charge is 0.253 e. The first-order chi connectivity index (χ1) is 19.4. The molecule has 4 N–H and O–H groups in total. The molecule has 0 aliphatic rings. The monoisotopic (exact) mass is 585 g/mol. The molecule has 0 spiro atoms. The molecule has 13 heteroatoms. The maximum atomic E-state index is 12.6. The summed E-state index contributed by atoms with van der Waals surface area (Å²) in [4.78, 5) is 27.0. The Kier molecular flexibility index (Phi) is 13.6. The van der Waals surface area contributed by atoms with Crippen LogP contribution < -0.4 is 20.7 Å². The maximum absolute atomic E-state index is 12.6. The summed E-state index contributed by atoms with van der Waals surface area (Å²) in [6.45, 7) is 3.64. The number of carbonyl (C=O) groups excluding carboxylic acids is 1. The molecule has 0 aliphatic heterocycles. The first-order valence-electron chi connectivity index (χ1n) is 13.1. The van der Waals surface area contributed by atoms with E-state index < -0.39 is 10.0 Å². The number of nitrogens with zero attached hydrogens (tertiary/aromatic N) is 5. The van der Waals surface area contributed by atoms with Crippen molar-refractivity contribution in [3.8, 4) is 0 Å². The molecule has 0 unspecified atom stereocenters. The molecule has 1 heterocycles. The second-order valence-electron chi connectivity index (χ2n) is 9.79. The molecule has 1 aromatic heterocycles. The minimum Gasteiger partial charge on any atom is -0.340 e. The molecule has 224 valence electrons. The highest BCUT2D eigenvalue weighted by atomic mass is 32.2. The number of benzene rings is 2. The molecule has 0 saturated heterocycles. The molecular weight excluding hydrogens is 542 g/mol. The van der Waals surface area contributed by atoms with E-state index >= 15 is 0 Å². The van der Waals surface area contributed by atoms with Gasteiger partial charge in [-0.2, -0.15) is 0 Å². The average Bonchev–Trinajstić information content (AvgIpc) is 2.95. The Morgan fingerprint density at radius 1 is 0.780 bits per heavy atom. The zero-order valence-corrected chi connectivity index (χ0v) is 25.8. The first-order valence-corrected chi connectivity index (χ1v) is 14.6. The average molecular weight is 586 g/mol. The minimum absolute atomic E-state index is 0.0376. The second kappa shape index (κ2) is 16.6. The van der Waals surface area contributed by atoms with Crippen LogP contribution >= 0.6 is 0 Å². The lowest BCUT2D eigenvalue weighted by Gasteiger charge is -2.19. The Morgan fingerprint density at radius 3 is 1.93 bits per heavy atom. The van der Waals surface area contributed by atoms with Gasteiger partial charge in [0.1, 0.15) is 18.0 Å². The summed E-state index contributed by atoms with van der Waals surface area (Å²) >= 11 is 0. The van der Waals surface area contributed by atoms with Gasteiger partial charge in [0.2, 0.25) is 10.0 Å². The van der Waals surface area contributed by atoms with Gasteiger partial charge in [0.05, 0.1) is 4.90 Å². The highest BCUT2D eigenvalue weighted by Gasteiger charge is 2.13. The van der Waals surface area contributed by atoms with Crippen molar-refractivity contribution in [3.05, 3.63) is 66.5 Å². The van der Waals surface area contributed by atoms with Crippen molar-refractivity contribution >= 4 is 38.9 Å². The van der Waals surface area contributed by atoms with Crippen LogP contribution in [0, 0.1) is 0 Å². The van der Waals surface area contributed by atoms with Crippen molar-refractivity contribution in [1.29, 1.82) is 0 Å². The van der Waals surface area contributed by atoms with E-state index in [0.717, 1.165) is 25.3 Å². The van der Waals surface area contributed by atoms with Gasteiger partial charge >= 0.3 is 0 Å². The fourth-order valence-corrected chi connectivity index (χ4v) is 4.13. The molecule has 3 aromatic rings. The van der Waals surface area contributed by atoms with Crippen molar-refractivity contribution < 1.29 is 13.2 Å². The number of hydrogen-bond acceptors (Lipinski definition) is 10. The number of aromatic nitrogens is 2. The normalized spacial score (nSPS) is 11.1. The predicted molar refractivity (Wildman–Crippen MR) is 166 cm³/mol. The van der Waals surface area contributed by atoms with E-state index in [-0.39, 0.29) is 10.8 Å². The third-order valence-electron chi connectivity index (χ3n) is 5.80. The van der Waals surface area contributed by atoms with E-state index in [1.54, 1.807) is 42.3 Å². The Balaban J connectivity index is 0.000000745. The zero-order valence-electron chi connectivity index (χ0n) is 25.0. The molecule has 0 saturated carbocycles. The zero-order chi connectivity index (χ0) is 30.4. The van der Waals surface area contributed by atoms with Gasteiger partial charge in [0, 0.05) is 56.2 Å². The van der Waals surface area contributed by atoms with Crippen LogP contribution in [0.5, 0.6) is 0 Å². The first kappa shape index (κ1) is 33.6. The summed E-state index contributed by atoms with van der Waals surface area (Å²) in [5.41, 5.74) is 1.94. The minimum atomic E-state index is -3.55. The molecular formula is C28H43N9O3S. The lowest BCUT2D eigenvalue weighted by molar-refractivity contribution is 0.0786. The number of sulfonamides is 1. The molecule has 0 bridgehead atoms. The Morgan fingerprint density at radius 2 is 1.39 bits per heavy atom. The molecule has 0 radical (unpaired) electrons. The molecule has 0 aliphatic carbocycles. The highest BCUT2D eigenvalue weighted by molar-refractivity contribution is 7.89. The van der Waals surface area contributed by atoms with Gasteiger partial charge in [-0.05, 0) is 84.8 Å². The van der Waals surface area contributed by atoms with Gasteiger partial charge in [0.15, 0.2) is 0 Å². The van der Waals surface area contributed by atoms with E-state index in [1.165, 1.54) is 25.5 Å². The summed E-state index contributed by atoms with van der Waals surface area (Å²) in [7, 11) is 9.64. The fraction of sp³-hybridized carbons (Fsp3) is 0.393. The van der Waals surface area contributed by atoms with E-state index in [9.17, 15) is 13.2 Å². The van der Waals surface area contributed by atoms with Crippen LogP contribution in [0.1, 0.15) is 10.4 Å². The Hall–Kier alpha value is -3.62. The van der Waals surface area contributed by atoms with Crippen LogP contribution in [0.15, 0.2) is 65.8 Å². The van der Waals surface area contributed by atoms with Gasteiger partial charge in [-0.1, -0.05) is 6.07 Å². The van der Waals surface area contributed by atoms with E-state index in [0.29, 0.717) is 29.4 Å². The maximum Gasteiger partial charge on any atom is 0.253 e. The van der Waals surface area contributed by atoms with Gasteiger partial charge in [-0.15, -0.1) is 0 Å². The van der Waals surface area contributed by atoms with Crippen molar-refractivity contribution in [2.75, 3.05) is 86.1 Å². The summed E-state index contributed by atoms with van der Waals surface area (Å²) in [5, 5.41) is 9.33. The van der Waals surface area contributed by atoms with Gasteiger partial charge < -0.3 is 30.7 Å². The van der Waals surface area contributed by atoms with Gasteiger partial charge in [-0.25, -0.2) is 23.1 Å². The molecule has 1 amide bonds. The van der Waals surface area contributed by atoms with Crippen LogP contribution in [0.3, 0.4) is 0 Å². The SMILES string of the molecule is CNCCN(C)C.CNS(=O)(=O)c1cccc(Nc2cc(Nc3ccc(C(=O)N(C)CCN(C)C)cc3)ncn2)c1. The number of anilines is 4. The Bertz CT molecular complexity index is 1330. The molecule has 2 aromatic carbocycles. The summed E-state index contributed by atoms with van der Waals surface area (Å²) in [5.74, 6) is 0.994. The molecule has 12 nitrogen and oxygen atoms in total. The predicted octanol–water partition coefficient (Wildman–Crippen LogP) is 2.27. The van der Waals surface area contributed by atoms with Crippen molar-refractivity contribution in [1.82, 2.24) is 34.7 Å². The quantitative estimate of drug-likeness (QED) is 0.237. The number of carbonyl (C=O) groups is 1. The highest BCUT2D eigenvalue weighted by Crippen LogP contribution is 2.22. The van der Waals surface area contributed by atoms with Gasteiger partial charge in [-0.3, -0.25) is 4.79 Å². The third kappa shape index (κ3) is 11.8. The summed E-state index contributed by atoms with van der Waals surface area (Å²) < 4.78 is 26.3. The number of hydrogen-bond donors (Lipinski definition) is 4. The largest absolute Gasteiger partial charge is 0.340 e. The summed E-state index contributed by atoms with van der Waals surface area (Å²) in [6, 6.07) is 15.3. The van der Waals surface area contributed by atoms with Crippen LogP contribution in [0.25, 0.3) is 0 Å². The van der Waals surface area contributed by atoms with Crippen LogP contribution in [0.2, 0.25) is 0 Å². The van der Waals surface area contributed by atoms with Crippen LogP contribution in [-0.2, 0) is 10.0 Å². The lowest BCUT2D eigenvalue weighted by Crippen LogP contribution is -2.33. The van der Waals surface area contributed by atoms with Crippen LogP contribution in [-0.4, -0.2) is 115 Å². The fourth-order valence-electron chi connectivity index (χ4n) is 3.35. The number of nitrogens with one attached hydrogen (secondary N) is 4. The van der Waals surface area contributed by atoms with E-state index in [2.05, 4.69) is 49.6 Å². The molecule has 0 atom stereocenters. The second-order valence-corrected chi connectivity index (χ2v) is 11.7. The van der Waals surface area contributed by atoms with Crippen molar-refractivity contribution in [3.63, 3.8) is 0 Å². The Labute approximate surface area is 244 Å². The molecule has 0 fully saturated rings. The topological polar surface area (TPSA) is 135 Å². The van der Waals surface area contributed by atoms with Crippen molar-refractivity contribution in [2.24, 2.45) is 0 Å².